The molecule has 0 aromatic carbocycles. The molecule has 7 heteroatoms. The van der Waals surface area contributed by atoms with Gasteiger partial charge in [-0.25, -0.2) is 4.79 Å². The third kappa shape index (κ3) is 3.45. The number of rotatable bonds is 3. The van der Waals surface area contributed by atoms with Gasteiger partial charge < -0.3 is 14.6 Å². The van der Waals surface area contributed by atoms with Gasteiger partial charge in [-0.05, 0) is 26.8 Å². The second-order valence-corrected chi connectivity index (χ2v) is 7.42. The molecular weight excluding hydrogens is 324 g/mol. The number of thioether (sulfide) groups is 1. The molecule has 0 unspecified atom stereocenters. The third-order valence-corrected chi connectivity index (χ3v) is 5.41. The molecule has 0 spiro atoms. The summed E-state index contributed by atoms with van der Waals surface area (Å²) in [6.07, 6.45) is 3.84. The van der Waals surface area contributed by atoms with E-state index in [0.29, 0.717) is 0 Å². The molecular formula is C17H24N4O2S. The Kier molecular flexibility index (Phi) is 4.89. The lowest BCUT2D eigenvalue weighted by atomic mass is 10.1. The van der Waals surface area contributed by atoms with Gasteiger partial charge in [0, 0.05) is 42.4 Å². The van der Waals surface area contributed by atoms with Gasteiger partial charge >= 0.3 is 6.03 Å². The number of urea groups is 1. The molecule has 0 bridgehead atoms. The summed E-state index contributed by atoms with van der Waals surface area (Å²) in [4.78, 5) is 14.8. The lowest BCUT2D eigenvalue weighted by Crippen LogP contribution is -2.46. The highest BCUT2D eigenvalue weighted by Gasteiger charge is 2.30. The summed E-state index contributed by atoms with van der Waals surface area (Å²) in [5.74, 6) is 3.59. The van der Waals surface area contributed by atoms with E-state index in [0.717, 1.165) is 40.7 Å². The maximum atomic E-state index is 12.8. The van der Waals surface area contributed by atoms with E-state index in [4.69, 9.17) is 4.42 Å². The lowest BCUT2D eigenvalue weighted by molar-refractivity contribution is 0.179. The van der Waals surface area contributed by atoms with Gasteiger partial charge in [0.25, 0.3) is 0 Å². The van der Waals surface area contributed by atoms with E-state index in [1.807, 2.05) is 62.9 Å². The molecule has 2 atom stereocenters. The standard InChI is InChI=1S/C17H24N4O2S/c1-11-7-15(13(3)23-11)12(2)19-17(22)21-5-6-24-10-16(21)14-8-18-20(4)9-14/h7-9,12,16H,5-6,10H2,1-4H3,(H,19,22)/t12-,16-/m0/s1. The van der Waals surface area contributed by atoms with E-state index >= 15 is 0 Å². The maximum Gasteiger partial charge on any atom is 0.318 e. The number of nitrogens with one attached hydrogen (secondary N) is 1. The molecule has 2 aromatic heterocycles. The predicted molar refractivity (Wildman–Crippen MR) is 95.1 cm³/mol. The average molecular weight is 348 g/mol. The van der Waals surface area contributed by atoms with Crippen LogP contribution in [0.1, 0.15) is 41.7 Å². The van der Waals surface area contributed by atoms with Gasteiger partial charge in [0.2, 0.25) is 0 Å². The van der Waals surface area contributed by atoms with Gasteiger partial charge in [-0.15, -0.1) is 0 Å². The Morgan fingerprint density at radius 3 is 2.92 bits per heavy atom. The number of hydrogen-bond donors (Lipinski definition) is 1. The second kappa shape index (κ2) is 6.93. The molecule has 6 nitrogen and oxygen atoms in total. The summed E-state index contributed by atoms with van der Waals surface area (Å²) in [5.41, 5.74) is 2.12. The van der Waals surface area contributed by atoms with Crippen molar-refractivity contribution in [3.63, 3.8) is 0 Å². The molecule has 2 aromatic rings. The van der Waals surface area contributed by atoms with Gasteiger partial charge in [-0.1, -0.05) is 0 Å². The summed E-state index contributed by atoms with van der Waals surface area (Å²) >= 11 is 1.88. The first-order chi connectivity index (χ1) is 11.5. The van der Waals surface area contributed by atoms with Crippen LogP contribution in [0.2, 0.25) is 0 Å². The molecule has 1 saturated heterocycles. The number of hydrogen-bond acceptors (Lipinski definition) is 4. The van der Waals surface area contributed by atoms with Crippen LogP contribution in [0.5, 0.6) is 0 Å². The van der Waals surface area contributed by atoms with Crippen molar-refractivity contribution in [2.24, 2.45) is 7.05 Å². The minimum absolute atomic E-state index is 0.0325. The van der Waals surface area contributed by atoms with Crippen LogP contribution in [0.25, 0.3) is 0 Å². The fourth-order valence-corrected chi connectivity index (χ4v) is 4.25. The topological polar surface area (TPSA) is 63.3 Å². The third-order valence-electron chi connectivity index (χ3n) is 4.38. The summed E-state index contributed by atoms with van der Waals surface area (Å²) in [5, 5.41) is 7.36. The minimum atomic E-state index is -0.0842. The van der Waals surface area contributed by atoms with Crippen molar-refractivity contribution >= 4 is 17.8 Å². The molecule has 3 heterocycles. The lowest BCUT2D eigenvalue weighted by Gasteiger charge is -2.35. The van der Waals surface area contributed by atoms with Crippen LogP contribution >= 0.6 is 11.8 Å². The number of carbonyl (C=O) groups is 1. The molecule has 2 amide bonds. The minimum Gasteiger partial charge on any atom is -0.466 e. The van der Waals surface area contributed by atoms with Gasteiger partial charge in [0.15, 0.2) is 0 Å². The summed E-state index contributed by atoms with van der Waals surface area (Å²) in [6, 6.07) is 1.94. The van der Waals surface area contributed by atoms with Crippen molar-refractivity contribution in [1.29, 1.82) is 0 Å². The van der Waals surface area contributed by atoms with E-state index in [-0.39, 0.29) is 18.1 Å². The van der Waals surface area contributed by atoms with Crippen molar-refractivity contribution < 1.29 is 9.21 Å². The zero-order valence-corrected chi connectivity index (χ0v) is 15.4. The molecule has 1 aliphatic rings. The highest BCUT2D eigenvalue weighted by atomic mass is 32.2. The van der Waals surface area contributed by atoms with E-state index in [1.165, 1.54) is 0 Å². The monoisotopic (exact) mass is 348 g/mol. The molecule has 0 radical (unpaired) electrons. The van der Waals surface area contributed by atoms with E-state index in [2.05, 4.69) is 10.4 Å². The molecule has 24 heavy (non-hydrogen) atoms. The molecule has 0 aliphatic carbocycles. The Hall–Kier alpha value is -1.89. The van der Waals surface area contributed by atoms with Crippen molar-refractivity contribution in [3.05, 3.63) is 41.1 Å². The van der Waals surface area contributed by atoms with Crippen molar-refractivity contribution in [3.8, 4) is 0 Å². The number of amides is 2. The Morgan fingerprint density at radius 1 is 1.50 bits per heavy atom. The fraction of sp³-hybridized carbons (Fsp3) is 0.529. The van der Waals surface area contributed by atoms with Crippen LogP contribution in [0.15, 0.2) is 22.9 Å². The average Bonchev–Trinajstić information content (AvgIpc) is 3.12. The quantitative estimate of drug-likeness (QED) is 0.925. The summed E-state index contributed by atoms with van der Waals surface area (Å²) < 4.78 is 7.36. The van der Waals surface area contributed by atoms with Crippen LogP contribution in [0.3, 0.4) is 0 Å². The fourth-order valence-electron chi connectivity index (χ4n) is 3.16. The largest absolute Gasteiger partial charge is 0.466 e. The molecule has 1 fully saturated rings. The van der Waals surface area contributed by atoms with Crippen LogP contribution in [-0.2, 0) is 7.05 Å². The Balaban J connectivity index is 1.73. The van der Waals surface area contributed by atoms with Crippen LogP contribution < -0.4 is 5.32 Å². The number of nitrogens with zero attached hydrogens (tertiary/aromatic N) is 3. The van der Waals surface area contributed by atoms with Gasteiger partial charge in [-0.2, -0.15) is 16.9 Å². The SMILES string of the molecule is Cc1cc([C@H](C)NC(=O)N2CCSC[C@H]2c2cnn(C)c2)c(C)o1. The van der Waals surface area contributed by atoms with Crippen molar-refractivity contribution in [2.45, 2.75) is 32.9 Å². The van der Waals surface area contributed by atoms with Crippen molar-refractivity contribution in [1.82, 2.24) is 20.0 Å². The number of carbonyl (C=O) groups excluding carboxylic acids is 1. The summed E-state index contributed by atoms with van der Waals surface area (Å²) in [6.45, 7) is 6.59. The molecule has 1 aliphatic heterocycles. The maximum absolute atomic E-state index is 12.8. The van der Waals surface area contributed by atoms with Crippen LogP contribution in [0.4, 0.5) is 4.79 Å². The van der Waals surface area contributed by atoms with E-state index < -0.39 is 0 Å². The zero-order chi connectivity index (χ0) is 17.3. The highest BCUT2D eigenvalue weighted by Crippen LogP contribution is 2.30. The van der Waals surface area contributed by atoms with Gasteiger partial charge in [-0.3, -0.25) is 4.68 Å². The van der Waals surface area contributed by atoms with E-state index in [1.54, 1.807) is 4.68 Å². The van der Waals surface area contributed by atoms with Crippen molar-refractivity contribution in [2.75, 3.05) is 18.1 Å². The Bertz CT molecular complexity index is 724. The highest BCUT2D eigenvalue weighted by molar-refractivity contribution is 7.99. The van der Waals surface area contributed by atoms with Gasteiger partial charge in [0.1, 0.15) is 11.5 Å². The molecule has 1 N–H and O–H groups in total. The smallest absolute Gasteiger partial charge is 0.318 e. The first kappa shape index (κ1) is 17.0. The number of aromatic nitrogens is 2. The first-order valence-corrected chi connectivity index (χ1v) is 9.31. The van der Waals surface area contributed by atoms with Crippen LogP contribution in [-0.4, -0.2) is 38.8 Å². The Labute approximate surface area is 146 Å². The normalized spacial score (nSPS) is 19.3. The van der Waals surface area contributed by atoms with Gasteiger partial charge in [0.05, 0.1) is 18.3 Å². The summed E-state index contributed by atoms with van der Waals surface area (Å²) in [7, 11) is 1.90. The molecule has 3 rings (SSSR count). The molecule has 130 valence electrons. The number of aryl methyl sites for hydroxylation is 3. The van der Waals surface area contributed by atoms with E-state index in [9.17, 15) is 4.79 Å². The molecule has 0 saturated carbocycles. The zero-order valence-electron chi connectivity index (χ0n) is 14.6. The second-order valence-electron chi connectivity index (χ2n) is 6.27. The first-order valence-electron chi connectivity index (χ1n) is 8.16. The predicted octanol–water partition coefficient (Wildman–Crippen LogP) is 3.19. The Morgan fingerprint density at radius 2 is 2.29 bits per heavy atom. The van der Waals surface area contributed by atoms with Crippen LogP contribution in [0, 0.1) is 13.8 Å². The number of furan rings is 1.